The number of nitrogens with zero attached hydrogens (tertiary/aromatic N) is 2. The van der Waals surface area contributed by atoms with E-state index in [-0.39, 0.29) is 18.5 Å². The predicted octanol–water partition coefficient (Wildman–Crippen LogP) is 4.79. The van der Waals surface area contributed by atoms with Gasteiger partial charge in [-0.15, -0.1) is 10.2 Å². The molecule has 10 heteroatoms. The second-order valence-corrected chi connectivity index (χ2v) is 8.52. The number of piperidine rings is 1. The van der Waals surface area contributed by atoms with E-state index in [1.807, 2.05) is 18.2 Å². The molecule has 31 heavy (non-hydrogen) atoms. The Balaban J connectivity index is 1.27. The molecule has 3 aromatic rings. The molecule has 1 aromatic heterocycles. The molecule has 0 unspecified atom stereocenters. The zero-order valence-electron chi connectivity index (χ0n) is 16.5. The molecule has 4 rings (SSSR count). The van der Waals surface area contributed by atoms with Gasteiger partial charge in [-0.25, -0.2) is 8.78 Å². The van der Waals surface area contributed by atoms with Crippen LogP contribution in [-0.4, -0.2) is 29.4 Å². The fourth-order valence-corrected chi connectivity index (χ4v) is 4.01. The van der Waals surface area contributed by atoms with Gasteiger partial charge in [0.05, 0.1) is 5.02 Å². The summed E-state index contributed by atoms with van der Waals surface area (Å²) in [6, 6.07) is 9.11. The van der Waals surface area contributed by atoms with Crippen LogP contribution in [0.3, 0.4) is 0 Å². The number of hydrogen-bond donors (Lipinski definition) is 2. The highest BCUT2D eigenvalue weighted by atomic mass is 35.5. The van der Waals surface area contributed by atoms with Crippen LogP contribution in [0.5, 0.6) is 11.5 Å². The first-order valence-electron chi connectivity index (χ1n) is 9.87. The minimum absolute atomic E-state index is 0.110. The van der Waals surface area contributed by atoms with Crippen LogP contribution in [0.15, 0.2) is 36.4 Å². The van der Waals surface area contributed by atoms with Crippen LogP contribution in [0.25, 0.3) is 0 Å². The Morgan fingerprint density at radius 1 is 1.10 bits per heavy atom. The summed E-state index contributed by atoms with van der Waals surface area (Å²) in [7, 11) is 0. The normalized spacial score (nSPS) is 14.4. The van der Waals surface area contributed by atoms with Gasteiger partial charge in [0.2, 0.25) is 5.13 Å². The second kappa shape index (κ2) is 10.2. The number of rotatable bonds is 8. The number of anilines is 1. The van der Waals surface area contributed by atoms with Crippen molar-refractivity contribution in [2.45, 2.75) is 32.1 Å². The van der Waals surface area contributed by atoms with Crippen molar-refractivity contribution in [3.05, 3.63) is 63.6 Å². The third-order valence-corrected chi connectivity index (χ3v) is 5.89. The molecule has 1 aliphatic rings. The highest BCUT2D eigenvalue weighted by Gasteiger charge is 2.16. The Labute approximate surface area is 187 Å². The van der Waals surface area contributed by atoms with Crippen molar-refractivity contribution in [2.24, 2.45) is 0 Å². The van der Waals surface area contributed by atoms with Crippen LogP contribution < -0.4 is 20.1 Å². The van der Waals surface area contributed by atoms with E-state index in [0.717, 1.165) is 43.6 Å². The quantitative estimate of drug-likeness (QED) is 0.497. The maximum atomic E-state index is 13.2. The van der Waals surface area contributed by atoms with Gasteiger partial charge < -0.3 is 20.1 Å². The molecule has 0 aliphatic carbocycles. The van der Waals surface area contributed by atoms with Crippen LogP contribution >= 0.6 is 22.9 Å². The van der Waals surface area contributed by atoms with Gasteiger partial charge in [0, 0.05) is 12.6 Å². The topological polar surface area (TPSA) is 68.3 Å². The lowest BCUT2D eigenvalue weighted by molar-refractivity contribution is 0.162. The Kier molecular flexibility index (Phi) is 7.16. The summed E-state index contributed by atoms with van der Waals surface area (Å²) >= 11 is 7.71. The monoisotopic (exact) mass is 466 g/mol. The fourth-order valence-electron chi connectivity index (χ4n) is 3.12. The van der Waals surface area contributed by atoms with E-state index < -0.39 is 11.6 Å². The molecular weight excluding hydrogens is 446 g/mol. The van der Waals surface area contributed by atoms with Crippen LogP contribution in [0.1, 0.15) is 23.4 Å². The third kappa shape index (κ3) is 6.03. The zero-order chi connectivity index (χ0) is 21.6. The standard InChI is InChI=1S/C21H21ClF2N4O2S/c22-16-9-13(1-4-19(16)30-14-5-7-25-8-6-14)11-26-21-28-27-20(31-21)12-29-15-2-3-17(23)18(24)10-15/h1-4,9-10,14,25H,5-8,11-12H2,(H,26,28). The minimum Gasteiger partial charge on any atom is -0.489 e. The number of hydrogen-bond acceptors (Lipinski definition) is 7. The highest BCUT2D eigenvalue weighted by Crippen LogP contribution is 2.28. The van der Waals surface area contributed by atoms with Crippen molar-refractivity contribution in [2.75, 3.05) is 18.4 Å². The van der Waals surface area contributed by atoms with E-state index >= 15 is 0 Å². The van der Waals surface area contributed by atoms with Gasteiger partial charge in [0.1, 0.15) is 24.2 Å². The highest BCUT2D eigenvalue weighted by molar-refractivity contribution is 7.15. The summed E-state index contributed by atoms with van der Waals surface area (Å²) in [4.78, 5) is 0. The summed E-state index contributed by atoms with van der Waals surface area (Å²) in [6.07, 6.45) is 2.13. The zero-order valence-corrected chi connectivity index (χ0v) is 18.1. The minimum atomic E-state index is -0.956. The summed E-state index contributed by atoms with van der Waals surface area (Å²) in [5, 5.41) is 16.4. The van der Waals surface area contributed by atoms with Crippen molar-refractivity contribution < 1.29 is 18.3 Å². The number of halogens is 3. The van der Waals surface area contributed by atoms with Gasteiger partial charge in [-0.2, -0.15) is 0 Å². The summed E-state index contributed by atoms with van der Waals surface area (Å²) in [6.45, 7) is 2.55. The predicted molar refractivity (Wildman–Crippen MR) is 116 cm³/mol. The van der Waals surface area contributed by atoms with Crippen LogP contribution in [-0.2, 0) is 13.2 Å². The first-order chi connectivity index (χ1) is 15.1. The molecule has 164 valence electrons. The van der Waals surface area contributed by atoms with Crippen molar-refractivity contribution in [1.29, 1.82) is 0 Å². The van der Waals surface area contributed by atoms with Gasteiger partial charge in [0.25, 0.3) is 0 Å². The van der Waals surface area contributed by atoms with Crippen LogP contribution in [0, 0.1) is 11.6 Å². The Bertz CT molecular complexity index is 1030. The van der Waals surface area contributed by atoms with Gasteiger partial charge in [-0.3, -0.25) is 0 Å². The van der Waals surface area contributed by atoms with E-state index in [2.05, 4.69) is 20.8 Å². The third-order valence-electron chi connectivity index (χ3n) is 4.74. The molecule has 1 saturated heterocycles. The van der Waals surface area contributed by atoms with Crippen molar-refractivity contribution in [3.63, 3.8) is 0 Å². The molecule has 0 radical (unpaired) electrons. The van der Waals surface area contributed by atoms with Gasteiger partial charge in [-0.1, -0.05) is 29.0 Å². The molecule has 2 aromatic carbocycles. The molecule has 0 saturated carbocycles. The second-order valence-electron chi connectivity index (χ2n) is 7.05. The molecule has 1 fully saturated rings. The molecule has 0 amide bonds. The molecule has 2 heterocycles. The van der Waals surface area contributed by atoms with Gasteiger partial charge in [-0.05, 0) is 55.8 Å². The average molecular weight is 467 g/mol. The Morgan fingerprint density at radius 2 is 1.94 bits per heavy atom. The van der Waals surface area contributed by atoms with E-state index in [9.17, 15) is 8.78 Å². The van der Waals surface area contributed by atoms with Crippen molar-refractivity contribution >= 4 is 28.1 Å². The van der Waals surface area contributed by atoms with Gasteiger partial charge >= 0.3 is 0 Å². The lowest BCUT2D eigenvalue weighted by Crippen LogP contribution is -2.34. The smallest absolute Gasteiger partial charge is 0.206 e. The molecule has 6 nitrogen and oxygen atoms in total. The van der Waals surface area contributed by atoms with E-state index in [4.69, 9.17) is 21.1 Å². The lowest BCUT2D eigenvalue weighted by Gasteiger charge is -2.24. The first kappa shape index (κ1) is 21.7. The van der Waals surface area contributed by atoms with Gasteiger partial charge in [0.15, 0.2) is 16.6 Å². The number of nitrogens with one attached hydrogen (secondary N) is 2. The Morgan fingerprint density at radius 3 is 2.71 bits per heavy atom. The molecule has 2 N–H and O–H groups in total. The fraction of sp³-hybridized carbons (Fsp3) is 0.333. The molecule has 0 spiro atoms. The Hall–Kier alpha value is -2.49. The van der Waals surface area contributed by atoms with Crippen molar-refractivity contribution in [1.82, 2.24) is 15.5 Å². The number of benzene rings is 2. The molecule has 0 bridgehead atoms. The first-order valence-corrected chi connectivity index (χ1v) is 11.1. The largest absolute Gasteiger partial charge is 0.489 e. The maximum absolute atomic E-state index is 13.2. The molecule has 0 atom stereocenters. The van der Waals surface area contributed by atoms with E-state index in [1.54, 1.807) is 0 Å². The molecular formula is C21H21ClF2N4O2S. The van der Waals surface area contributed by atoms with Crippen molar-refractivity contribution in [3.8, 4) is 11.5 Å². The number of ether oxygens (including phenoxy) is 2. The number of aromatic nitrogens is 2. The SMILES string of the molecule is Fc1ccc(OCc2nnc(NCc3ccc(OC4CCNCC4)c(Cl)c3)s2)cc1F. The summed E-state index contributed by atoms with van der Waals surface area (Å²) in [5.41, 5.74) is 0.984. The van der Waals surface area contributed by atoms with Crippen LogP contribution in [0.2, 0.25) is 5.02 Å². The molecule has 1 aliphatic heterocycles. The van der Waals surface area contributed by atoms with Crippen LogP contribution in [0.4, 0.5) is 13.9 Å². The summed E-state index contributed by atoms with van der Waals surface area (Å²) < 4.78 is 37.6. The van der Waals surface area contributed by atoms with E-state index in [0.29, 0.717) is 27.5 Å². The average Bonchev–Trinajstić information content (AvgIpc) is 3.23. The maximum Gasteiger partial charge on any atom is 0.206 e. The van der Waals surface area contributed by atoms with E-state index in [1.165, 1.54) is 17.4 Å². The lowest BCUT2D eigenvalue weighted by atomic mass is 10.1. The summed E-state index contributed by atoms with van der Waals surface area (Å²) in [5.74, 6) is -0.946.